The van der Waals surface area contributed by atoms with Crippen LogP contribution in [0.3, 0.4) is 0 Å². The summed E-state index contributed by atoms with van der Waals surface area (Å²) in [6, 6.07) is 5.40. The van der Waals surface area contributed by atoms with Gasteiger partial charge in [0.05, 0.1) is 12.6 Å². The molecule has 1 aromatic carbocycles. The Hall–Kier alpha value is -0.970. The molecule has 0 bridgehead atoms. The summed E-state index contributed by atoms with van der Waals surface area (Å²) in [7, 11) is 2.05. The van der Waals surface area contributed by atoms with Crippen molar-refractivity contribution in [2.24, 2.45) is 10.7 Å². The molecule has 6 heteroatoms. The van der Waals surface area contributed by atoms with Gasteiger partial charge < -0.3 is 16.0 Å². The van der Waals surface area contributed by atoms with Crippen molar-refractivity contribution in [2.75, 3.05) is 26.7 Å². The van der Waals surface area contributed by atoms with Crippen LogP contribution in [0.4, 0.5) is 0 Å². The molecule has 0 saturated carbocycles. The van der Waals surface area contributed by atoms with E-state index in [4.69, 9.17) is 28.9 Å². The molecule has 20 heavy (non-hydrogen) atoms. The maximum absolute atomic E-state index is 6.16. The first kappa shape index (κ1) is 17.1. The minimum atomic E-state index is -0.0209. The highest BCUT2D eigenvalue weighted by Crippen LogP contribution is 2.25. The quantitative estimate of drug-likeness (QED) is 0.626. The fourth-order valence-electron chi connectivity index (χ4n) is 1.70. The summed E-state index contributed by atoms with van der Waals surface area (Å²) in [5, 5.41) is 4.37. The van der Waals surface area contributed by atoms with Crippen LogP contribution < -0.4 is 11.1 Å². The van der Waals surface area contributed by atoms with Gasteiger partial charge in [-0.1, -0.05) is 36.2 Å². The van der Waals surface area contributed by atoms with Crippen molar-refractivity contribution in [3.8, 4) is 0 Å². The zero-order valence-corrected chi connectivity index (χ0v) is 13.7. The predicted molar refractivity (Wildman–Crippen MR) is 87.7 cm³/mol. The minimum absolute atomic E-state index is 0.0209. The van der Waals surface area contributed by atoms with Crippen molar-refractivity contribution < 1.29 is 0 Å². The number of aliphatic imine (C=N–C) groups is 1. The molecule has 1 aromatic rings. The van der Waals surface area contributed by atoms with Gasteiger partial charge in [0, 0.05) is 16.6 Å². The molecule has 0 fully saturated rings. The summed E-state index contributed by atoms with van der Waals surface area (Å²) in [4.78, 5) is 6.47. The van der Waals surface area contributed by atoms with E-state index < -0.39 is 0 Å². The van der Waals surface area contributed by atoms with E-state index in [0.29, 0.717) is 22.5 Å². The smallest absolute Gasteiger partial charge is 0.189 e. The van der Waals surface area contributed by atoms with Crippen LogP contribution in [-0.4, -0.2) is 37.5 Å². The maximum atomic E-state index is 6.16. The fraction of sp³-hybridized carbons (Fsp3) is 0.500. The lowest BCUT2D eigenvalue weighted by atomic mass is 10.1. The molecule has 1 rings (SSSR count). The molecule has 0 aromatic heterocycles. The summed E-state index contributed by atoms with van der Waals surface area (Å²) in [6.07, 6.45) is 0. The van der Waals surface area contributed by atoms with Crippen LogP contribution in [0.5, 0.6) is 0 Å². The van der Waals surface area contributed by atoms with Crippen LogP contribution in [-0.2, 0) is 0 Å². The third-order valence-corrected chi connectivity index (χ3v) is 3.66. The van der Waals surface area contributed by atoms with Gasteiger partial charge in [0.2, 0.25) is 0 Å². The van der Waals surface area contributed by atoms with Gasteiger partial charge in [0.15, 0.2) is 5.96 Å². The molecule has 1 unspecified atom stereocenters. The van der Waals surface area contributed by atoms with Gasteiger partial charge in [0.1, 0.15) is 0 Å². The van der Waals surface area contributed by atoms with Crippen molar-refractivity contribution in [1.29, 1.82) is 0 Å². The first-order valence-corrected chi connectivity index (χ1v) is 7.39. The Balaban J connectivity index is 2.56. The Morgan fingerprint density at radius 2 is 2.15 bits per heavy atom. The molecule has 112 valence electrons. The molecule has 0 heterocycles. The highest BCUT2D eigenvalue weighted by molar-refractivity contribution is 6.35. The number of hydrogen-bond donors (Lipinski definition) is 2. The van der Waals surface area contributed by atoms with Gasteiger partial charge in [-0.3, -0.25) is 4.99 Å². The molecule has 3 N–H and O–H groups in total. The standard InChI is InChI=1S/C14H22Cl2N4/c1-4-20(3)8-7-18-14(17)19-10(2)12-6-5-11(15)9-13(12)16/h5-6,9-10H,4,7-8H2,1-3H3,(H3,17,18,19). The van der Waals surface area contributed by atoms with Crippen LogP contribution in [0.2, 0.25) is 10.0 Å². The second-order valence-corrected chi connectivity index (χ2v) is 5.54. The Morgan fingerprint density at radius 3 is 2.75 bits per heavy atom. The lowest BCUT2D eigenvalue weighted by Crippen LogP contribution is -2.34. The molecule has 0 radical (unpaired) electrons. The third kappa shape index (κ3) is 5.57. The number of rotatable bonds is 6. The number of benzene rings is 1. The van der Waals surface area contributed by atoms with Crippen LogP contribution in [0.1, 0.15) is 25.5 Å². The van der Waals surface area contributed by atoms with E-state index in [9.17, 15) is 0 Å². The maximum Gasteiger partial charge on any atom is 0.189 e. The van der Waals surface area contributed by atoms with Crippen LogP contribution in [0.15, 0.2) is 23.2 Å². The van der Waals surface area contributed by atoms with Gasteiger partial charge in [0.25, 0.3) is 0 Å². The fourth-order valence-corrected chi connectivity index (χ4v) is 2.27. The Morgan fingerprint density at radius 1 is 1.45 bits per heavy atom. The molecule has 1 atom stereocenters. The largest absolute Gasteiger partial charge is 0.370 e. The van der Waals surface area contributed by atoms with Crippen molar-refractivity contribution in [3.63, 3.8) is 0 Å². The Bertz CT molecular complexity index is 462. The normalized spacial score (nSPS) is 13.6. The van der Waals surface area contributed by atoms with E-state index in [0.717, 1.165) is 18.7 Å². The monoisotopic (exact) mass is 316 g/mol. The number of likely N-dealkylation sites (N-methyl/N-ethyl adjacent to an activating group) is 1. The number of nitrogens with one attached hydrogen (secondary N) is 1. The van der Waals surface area contributed by atoms with Gasteiger partial charge in [-0.2, -0.15) is 0 Å². The molecule has 0 saturated heterocycles. The number of nitrogens with two attached hydrogens (primary N) is 1. The first-order valence-electron chi connectivity index (χ1n) is 6.64. The molecule has 0 amide bonds. The first-order chi connectivity index (χ1) is 9.43. The summed E-state index contributed by atoms with van der Waals surface area (Å²) >= 11 is 12.0. The van der Waals surface area contributed by atoms with Crippen molar-refractivity contribution in [2.45, 2.75) is 19.9 Å². The summed E-state index contributed by atoms with van der Waals surface area (Å²) in [5.74, 6) is 0.424. The van der Waals surface area contributed by atoms with E-state index in [1.54, 1.807) is 6.07 Å². The van der Waals surface area contributed by atoms with Crippen LogP contribution in [0.25, 0.3) is 0 Å². The molecular weight excluding hydrogens is 295 g/mol. The second kappa shape index (κ2) is 8.35. The van der Waals surface area contributed by atoms with E-state index in [2.05, 4.69) is 29.2 Å². The predicted octanol–water partition coefficient (Wildman–Crippen LogP) is 2.91. The zero-order valence-electron chi connectivity index (χ0n) is 12.2. The zero-order chi connectivity index (χ0) is 15.1. The second-order valence-electron chi connectivity index (χ2n) is 4.69. The highest BCUT2D eigenvalue weighted by atomic mass is 35.5. The summed E-state index contributed by atoms with van der Waals surface area (Å²) in [5.41, 5.74) is 6.82. The van der Waals surface area contributed by atoms with Gasteiger partial charge in [-0.25, -0.2) is 0 Å². The van der Waals surface area contributed by atoms with Crippen LogP contribution >= 0.6 is 23.2 Å². The SMILES string of the molecule is CCN(C)CCN=C(N)NC(C)c1ccc(Cl)cc1Cl. The third-order valence-electron chi connectivity index (χ3n) is 3.10. The molecular formula is C14H22Cl2N4. The summed E-state index contributed by atoms with van der Waals surface area (Å²) < 4.78 is 0. The minimum Gasteiger partial charge on any atom is -0.370 e. The molecule has 0 spiro atoms. The van der Waals surface area contributed by atoms with Gasteiger partial charge >= 0.3 is 0 Å². The Kier molecular flexibility index (Phi) is 7.13. The molecule has 0 aliphatic carbocycles. The van der Waals surface area contributed by atoms with Crippen molar-refractivity contribution in [1.82, 2.24) is 10.2 Å². The number of halogens is 2. The molecule has 0 aliphatic rings. The molecule has 4 nitrogen and oxygen atoms in total. The van der Waals surface area contributed by atoms with E-state index >= 15 is 0 Å². The van der Waals surface area contributed by atoms with Crippen LogP contribution in [0, 0.1) is 0 Å². The van der Waals surface area contributed by atoms with Crippen molar-refractivity contribution in [3.05, 3.63) is 33.8 Å². The summed E-state index contributed by atoms with van der Waals surface area (Å²) in [6.45, 7) is 6.64. The Labute approximate surface area is 131 Å². The topological polar surface area (TPSA) is 53.6 Å². The van der Waals surface area contributed by atoms with Crippen molar-refractivity contribution >= 4 is 29.2 Å². The van der Waals surface area contributed by atoms with E-state index in [-0.39, 0.29) is 6.04 Å². The number of guanidine groups is 1. The average molecular weight is 317 g/mol. The van der Waals surface area contributed by atoms with E-state index in [1.165, 1.54) is 0 Å². The van der Waals surface area contributed by atoms with Gasteiger partial charge in [-0.05, 0) is 38.2 Å². The van der Waals surface area contributed by atoms with Gasteiger partial charge in [-0.15, -0.1) is 0 Å². The highest BCUT2D eigenvalue weighted by Gasteiger charge is 2.10. The average Bonchev–Trinajstić information content (AvgIpc) is 2.38. The lowest BCUT2D eigenvalue weighted by molar-refractivity contribution is 0.363. The molecule has 0 aliphatic heterocycles. The number of nitrogens with zero attached hydrogens (tertiary/aromatic N) is 2. The lowest BCUT2D eigenvalue weighted by Gasteiger charge is -2.17. The van der Waals surface area contributed by atoms with E-state index in [1.807, 2.05) is 19.1 Å². The number of hydrogen-bond acceptors (Lipinski definition) is 2.